The van der Waals surface area contributed by atoms with Gasteiger partial charge in [0.05, 0.1) is 31.7 Å². The SMILES string of the molecule is COc1ccc(NC(=O)[C@H](C)N2C(=O)[C@@H]3[C@H]4C=C[C@@H]([C@@H]5C[C@@H]45)[C@@H]3C2=O)c(OC)c1. The molecule has 1 aliphatic heterocycles. The van der Waals surface area contributed by atoms with Gasteiger partial charge in [0, 0.05) is 6.07 Å². The topological polar surface area (TPSA) is 84.9 Å². The van der Waals surface area contributed by atoms with Crippen molar-refractivity contribution in [1.29, 1.82) is 0 Å². The number of rotatable bonds is 5. The van der Waals surface area contributed by atoms with Gasteiger partial charge < -0.3 is 14.8 Å². The summed E-state index contributed by atoms with van der Waals surface area (Å²) in [5.41, 5.74) is 0.463. The second-order valence-corrected chi connectivity index (χ2v) is 8.43. The third-order valence-corrected chi connectivity index (χ3v) is 7.13. The Labute approximate surface area is 169 Å². The average Bonchev–Trinajstić information content (AvgIpc) is 3.51. The zero-order valence-corrected chi connectivity index (χ0v) is 16.6. The number of hydrogen-bond acceptors (Lipinski definition) is 5. The van der Waals surface area contributed by atoms with Gasteiger partial charge in [-0.2, -0.15) is 0 Å². The number of methoxy groups -OCH3 is 2. The van der Waals surface area contributed by atoms with E-state index in [0.717, 1.165) is 6.42 Å². The largest absolute Gasteiger partial charge is 0.497 e. The lowest BCUT2D eigenvalue weighted by Crippen LogP contribution is -2.46. The van der Waals surface area contributed by atoms with E-state index in [2.05, 4.69) is 17.5 Å². The van der Waals surface area contributed by atoms with Crippen molar-refractivity contribution in [3.8, 4) is 11.5 Å². The first-order valence-electron chi connectivity index (χ1n) is 10.0. The molecule has 7 nitrogen and oxygen atoms in total. The molecule has 3 fully saturated rings. The van der Waals surface area contributed by atoms with Crippen LogP contribution in [0.5, 0.6) is 11.5 Å². The summed E-state index contributed by atoms with van der Waals surface area (Å²) in [6, 6.07) is 4.16. The molecule has 4 aliphatic carbocycles. The number of anilines is 1. The molecule has 0 radical (unpaired) electrons. The Kier molecular flexibility index (Phi) is 3.98. The van der Waals surface area contributed by atoms with Gasteiger partial charge >= 0.3 is 0 Å². The highest BCUT2D eigenvalue weighted by Gasteiger charge is 2.67. The molecule has 29 heavy (non-hydrogen) atoms. The highest BCUT2D eigenvalue weighted by Crippen LogP contribution is 2.65. The van der Waals surface area contributed by atoms with Crippen LogP contribution in [-0.2, 0) is 14.4 Å². The minimum Gasteiger partial charge on any atom is -0.497 e. The van der Waals surface area contributed by atoms with E-state index >= 15 is 0 Å². The number of carbonyl (C=O) groups is 3. The van der Waals surface area contributed by atoms with Crippen LogP contribution in [0.1, 0.15) is 13.3 Å². The van der Waals surface area contributed by atoms with Gasteiger partial charge in [-0.1, -0.05) is 12.2 Å². The first-order valence-corrected chi connectivity index (χ1v) is 10.0. The van der Waals surface area contributed by atoms with E-state index < -0.39 is 11.9 Å². The monoisotopic (exact) mass is 396 g/mol. The molecule has 1 saturated heterocycles. The van der Waals surface area contributed by atoms with Gasteiger partial charge in [0.15, 0.2) is 0 Å². The van der Waals surface area contributed by atoms with Crippen LogP contribution in [0, 0.1) is 35.5 Å². The number of hydrogen-bond donors (Lipinski definition) is 1. The van der Waals surface area contributed by atoms with Crippen LogP contribution in [0.3, 0.4) is 0 Å². The van der Waals surface area contributed by atoms with Gasteiger partial charge in [-0.05, 0) is 49.1 Å². The lowest BCUT2D eigenvalue weighted by atomic mass is 9.63. The fraction of sp³-hybridized carbons (Fsp3) is 0.500. The van der Waals surface area contributed by atoms with E-state index in [0.29, 0.717) is 29.0 Å². The number of ether oxygens (including phenoxy) is 2. The molecule has 7 heteroatoms. The molecule has 2 bridgehead atoms. The van der Waals surface area contributed by atoms with Crippen LogP contribution >= 0.6 is 0 Å². The number of imide groups is 1. The Morgan fingerprint density at radius 3 is 2.24 bits per heavy atom. The van der Waals surface area contributed by atoms with E-state index in [9.17, 15) is 14.4 Å². The third kappa shape index (κ3) is 2.52. The van der Waals surface area contributed by atoms with Crippen LogP contribution in [-0.4, -0.2) is 42.9 Å². The van der Waals surface area contributed by atoms with E-state index in [1.807, 2.05) is 0 Å². The Balaban J connectivity index is 1.36. The molecule has 152 valence electrons. The van der Waals surface area contributed by atoms with Gasteiger partial charge in [0.1, 0.15) is 17.5 Å². The second-order valence-electron chi connectivity index (χ2n) is 8.43. The molecule has 1 aromatic carbocycles. The van der Waals surface area contributed by atoms with E-state index in [1.54, 1.807) is 32.2 Å². The Hall–Kier alpha value is -2.83. The number of likely N-dealkylation sites (tertiary alicyclic amines) is 1. The Bertz CT molecular complexity index is 905. The molecule has 1 aromatic rings. The van der Waals surface area contributed by atoms with E-state index in [-0.39, 0.29) is 35.5 Å². The average molecular weight is 396 g/mol. The lowest BCUT2D eigenvalue weighted by Gasteiger charge is -2.37. The summed E-state index contributed by atoms with van der Waals surface area (Å²) in [6.07, 6.45) is 5.37. The minimum absolute atomic E-state index is 0.147. The van der Waals surface area contributed by atoms with Gasteiger partial charge in [0.25, 0.3) is 0 Å². The normalized spacial score (nSPS) is 34.5. The zero-order valence-electron chi connectivity index (χ0n) is 16.6. The minimum atomic E-state index is -0.886. The molecule has 2 saturated carbocycles. The van der Waals surface area contributed by atoms with Gasteiger partial charge in [-0.25, -0.2) is 0 Å². The molecule has 0 unspecified atom stereocenters. The number of nitrogens with zero attached hydrogens (tertiary/aromatic N) is 1. The maximum atomic E-state index is 13.2. The van der Waals surface area contributed by atoms with Gasteiger partial charge in [-0.3, -0.25) is 19.3 Å². The molecule has 7 atom stereocenters. The summed E-state index contributed by atoms with van der Waals surface area (Å²) >= 11 is 0. The fourth-order valence-corrected chi connectivity index (χ4v) is 5.62. The zero-order chi connectivity index (χ0) is 20.4. The number of amides is 3. The van der Waals surface area contributed by atoms with E-state index in [4.69, 9.17) is 9.47 Å². The van der Waals surface area contributed by atoms with Crippen molar-refractivity contribution in [1.82, 2.24) is 4.90 Å². The quantitative estimate of drug-likeness (QED) is 0.609. The van der Waals surface area contributed by atoms with Crippen molar-refractivity contribution < 1.29 is 23.9 Å². The van der Waals surface area contributed by atoms with Crippen LogP contribution in [0.4, 0.5) is 5.69 Å². The Morgan fingerprint density at radius 1 is 1.07 bits per heavy atom. The summed E-state index contributed by atoms with van der Waals surface area (Å²) in [5, 5.41) is 2.79. The molecule has 5 aliphatic rings. The molecule has 0 aromatic heterocycles. The second kappa shape index (κ2) is 6.34. The summed E-state index contributed by atoms with van der Waals surface area (Å²) in [6.45, 7) is 1.61. The van der Waals surface area contributed by atoms with Crippen molar-refractivity contribution in [2.75, 3.05) is 19.5 Å². The maximum Gasteiger partial charge on any atom is 0.247 e. The van der Waals surface area contributed by atoms with Crippen LogP contribution in [0.15, 0.2) is 30.4 Å². The standard InChI is InChI=1S/C22H24N2O5/c1-10(20(25)23-16-7-4-11(28-2)8-17(16)29-3)24-21(26)18-12-5-6-13(15-9-14(12)15)19(18)22(24)27/h4-8,10,12-15,18-19H,9H2,1-3H3,(H,23,25)/t10-,12-,13-,14-,15-,18-,19+/m0/s1. The van der Waals surface area contributed by atoms with Crippen molar-refractivity contribution >= 4 is 23.4 Å². The molecule has 1 N–H and O–H groups in total. The molecular weight excluding hydrogens is 372 g/mol. The van der Waals surface area contributed by atoms with Crippen LogP contribution < -0.4 is 14.8 Å². The maximum absolute atomic E-state index is 13.2. The predicted molar refractivity (Wildman–Crippen MR) is 104 cm³/mol. The first kappa shape index (κ1) is 18.2. The van der Waals surface area contributed by atoms with E-state index in [1.165, 1.54) is 12.0 Å². The molecule has 6 rings (SSSR count). The van der Waals surface area contributed by atoms with Crippen molar-refractivity contribution in [3.63, 3.8) is 0 Å². The fourth-order valence-electron chi connectivity index (χ4n) is 5.62. The summed E-state index contributed by atoms with van der Waals surface area (Å²) in [7, 11) is 3.05. The molecule has 0 spiro atoms. The summed E-state index contributed by atoms with van der Waals surface area (Å²) in [5.74, 6) is 0.998. The molecule has 1 heterocycles. The predicted octanol–water partition coefficient (Wildman–Crippen LogP) is 2.08. The molecular formula is C22H24N2O5. The first-order chi connectivity index (χ1) is 14.0. The number of nitrogens with one attached hydrogen (secondary N) is 1. The smallest absolute Gasteiger partial charge is 0.247 e. The third-order valence-electron chi connectivity index (χ3n) is 7.13. The Morgan fingerprint density at radius 2 is 1.69 bits per heavy atom. The number of allylic oxidation sites excluding steroid dienone is 2. The van der Waals surface area contributed by atoms with Gasteiger partial charge in [0.2, 0.25) is 17.7 Å². The van der Waals surface area contributed by atoms with Crippen LogP contribution in [0.2, 0.25) is 0 Å². The lowest BCUT2D eigenvalue weighted by molar-refractivity contribution is -0.146. The highest BCUT2D eigenvalue weighted by atomic mass is 16.5. The number of benzene rings is 1. The summed E-state index contributed by atoms with van der Waals surface area (Å²) < 4.78 is 10.5. The number of carbonyl (C=O) groups excluding carboxylic acids is 3. The van der Waals surface area contributed by atoms with Crippen molar-refractivity contribution in [2.45, 2.75) is 19.4 Å². The molecule has 3 amide bonds. The van der Waals surface area contributed by atoms with Crippen LogP contribution in [0.25, 0.3) is 0 Å². The highest BCUT2D eigenvalue weighted by molar-refractivity contribution is 6.10. The summed E-state index contributed by atoms with van der Waals surface area (Å²) in [4.78, 5) is 40.4. The van der Waals surface area contributed by atoms with Crippen molar-refractivity contribution in [2.24, 2.45) is 35.5 Å². The van der Waals surface area contributed by atoms with Gasteiger partial charge in [-0.15, -0.1) is 0 Å². The van der Waals surface area contributed by atoms with Crippen molar-refractivity contribution in [3.05, 3.63) is 30.4 Å².